The van der Waals surface area contributed by atoms with Crippen LogP contribution in [0.5, 0.6) is 5.75 Å². The van der Waals surface area contributed by atoms with Gasteiger partial charge in [0, 0.05) is 25.7 Å². The zero-order chi connectivity index (χ0) is 12.8. The van der Waals surface area contributed by atoms with Crippen LogP contribution in [0.25, 0.3) is 0 Å². The number of hydrogen-bond acceptors (Lipinski definition) is 3. The second kappa shape index (κ2) is 6.71. The molecule has 100 valence electrons. The Hall–Kier alpha value is -1.13. The molecule has 0 amide bonds. The van der Waals surface area contributed by atoms with Crippen molar-refractivity contribution in [3.8, 4) is 5.75 Å². The first-order valence-electron chi connectivity index (χ1n) is 6.53. The van der Waals surface area contributed by atoms with Gasteiger partial charge in [-0.3, -0.25) is 0 Å². The third-order valence-corrected chi connectivity index (χ3v) is 3.24. The van der Waals surface area contributed by atoms with Gasteiger partial charge < -0.3 is 14.7 Å². The third-order valence-electron chi connectivity index (χ3n) is 3.24. The van der Waals surface area contributed by atoms with Gasteiger partial charge in [-0.05, 0) is 31.4 Å². The first kappa shape index (κ1) is 13.3. The lowest BCUT2D eigenvalue weighted by Gasteiger charge is -2.29. The molecule has 1 aromatic carbocycles. The van der Waals surface area contributed by atoms with Crippen molar-refractivity contribution in [3.63, 3.8) is 0 Å². The number of nitrogens with zero attached hydrogens (tertiary/aromatic N) is 1. The van der Waals surface area contributed by atoms with Gasteiger partial charge in [-0.15, -0.1) is 0 Å². The fraction of sp³-hybridized carbons (Fsp3) is 0.571. The monoisotopic (exact) mass is 253 g/mol. The summed E-state index contributed by atoms with van der Waals surface area (Å²) < 4.78 is 18.4. The van der Waals surface area contributed by atoms with E-state index in [-0.39, 0.29) is 11.9 Å². The molecule has 1 aromatic rings. The Morgan fingerprint density at radius 3 is 2.83 bits per heavy atom. The van der Waals surface area contributed by atoms with Crippen LogP contribution in [0.15, 0.2) is 24.3 Å². The van der Waals surface area contributed by atoms with Gasteiger partial charge in [0.05, 0.1) is 12.7 Å². The summed E-state index contributed by atoms with van der Waals surface area (Å²) in [6, 6.07) is 6.22. The number of aliphatic hydroxyl groups excluding tert-OH is 1. The molecule has 1 aliphatic heterocycles. The van der Waals surface area contributed by atoms with Crippen LogP contribution in [0.1, 0.15) is 19.3 Å². The molecule has 0 unspecified atom stereocenters. The van der Waals surface area contributed by atoms with Crippen LogP contribution in [-0.4, -0.2) is 42.4 Å². The van der Waals surface area contributed by atoms with Crippen LogP contribution >= 0.6 is 0 Å². The predicted octanol–water partition coefficient (Wildman–Crippen LogP) is 2.05. The fourth-order valence-electron chi connectivity index (χ4n) is 2.18. The molecule has 1 fully saturated rings. The smallest absolute Gasteiger partial charge is 0.126 e. The normalized spacial score (nSPS) is 17.9. The van der Waals surface area contributed by atoms with Gasteiger partial charge in [0.2, 0.25) is 0 Å². The zero-order valence-corrected chi connectivity index (χ0v) is 10.5. The van der Waals surface area contributed by atoms with E-state index in [1.807, 2.05) is 0 Å². The Bertz CT molecular complexity index is 365. The number of halogens is 1. The maximum Gasteiger partial charge on any atom is 0.126 e. The van der Waals surface area contributed by atoms with Gasteiger partial charge in [-0.25, -0.2) is 4.39 Å². The summed E-state index contributed by atoms with van der Waals surface area (Å²) in [6.45, 7) is 3.49. The Labute approximate surface area is 107 Å². The molecule has 0 bridgehead atoms. The van der Waals surface area contributed by atoms with Crippen LogP contribution < -0.4 is 4.74 Å². The molecular weight excluding hydrogens is 233 g/mol. The second-order valence-electron chi connectivity index (χ2n) is 4.73. The summed E-state index contributed by atoms with van der Waals surface area (Å²) >= 11 is 0. The lowest BCUT2D eigenvalue weighted by atomic mass is 10.1. The van der Waals surface area contributed by atoms with E-state index in [4.69, 9.17) is 4.74 Å². The maximum absolute atomic E-state index is 12.9. The molecule has 4 heteroatoms. The molecule has 0 aliphatic carbocycles. The number of ether oxygens (including phenoxy) is 1. The van der Waals surface area contributed by atoms with E-state index in [9.17, 15) is 9.50 Å². The van der Waals surface area contributed by atoms with Gasteiger partial charge >= 0.3 is 0 Å². The van der Waals surface area contributed by atoms with Crippen molar-refractivity contribution in [2.24, 2.45) is 0 Å². The average Bonchev–Trinajstić information content (AvgIpc) is 2.37. The molecule has 3 nitrogen and oxygen atoms in total. The Morgan fingerprint density at radius 1 is 1.33 bits per heavy atom. The minimum absolute atomic E-state index is 0.121. The van der Waals surface area contributed by atoms with Crippen LogP contribution in [0, 0.1) is 5.82 Å². The van der Waals surface area contributed by atoms with E-state index in [1.165, 1.54) is 12.1 Å². The van der Waals surface area contributed by atoms with Crippen molar-refractivity contribution in [1.29, 1.82) is 0 Å². The van der Waals surface area contributed by atoms with Gasteiger partial charge in [0.25, 0.3) is 0 Å². The van der Waals surface area contributed by atoms with Crippen molar-refractivity contribution in [2.45, 2.75) is 25.4 Å². The van der Waals surface area contributed by atoms with Crippen molar-refractivity contribution >= 4 is 0 Å². The molecule has 1 heterocycles. The number of hydrogen-bond donors (Lipinski definition) is 1. The Kier molecular flexibility index (Phi) is 4.96. The summed E-state index contributed by atoms with van der Waals surface area (Å²) in [7, 11) is 0. The molecule has 0 atom stereocenters. The van der Waals surface area contributed by atoms with E-state index >= 15 is 0 Å². The van der Waals surface area contributed by atoms with Crippen molar-refractivity contribution < 1.29 is 14.2 Å². The molecule has 1 N–H and O–H groups in total. The number of aliphatic hydroxyl groups is 1. The molecule has 0 saturated carbocycles. The molecule has 2 rings (SSSR count). The summed E-state index contributed by atoms with van der Waals surface area (Å²) in [5.41, 5.74) is 0. The Balaban J connectivity index is 1.61. The summed E-state index contributed by atoms with van der Waals surface area (Å²) in [5.74, 6) is 0.321. The molecule has 1 aliphatic rings. The summed E-state index contributed by atoms with van der Waals surface area (Å²) in [4.78, 5) is 2.33. The largest absolute Gasteiger partial charge is 0.493 e. The van der Waals surface area contributed by atoms with E-state index < -0.39 is 0 Å². The lowest BCUT2D eigenvalue weighted by Crippen LogP contribution is -2.36. The zero-order valence-electron chi connectivity index (χ0n) is 10.5. The highest BCUT2D eigenvalue weighted by atomic mass is 19.1. The maximum atomic E-state index is 12.9. The van der Waals surface area contributed by atoms with Gasteiger partial charge in [0.1, 0.15) is 11.6 Å². The van der Waals surface area contributed by atoms with E-state index in [2.05, 4.69) is 4.90 Å². The highest BCUT2D eigenvalue weighted by molar-refractivity contribution is 5.22. The van der Waals surface area contributed by atoms with Gasteiger partial charge in [-0.1, -0.05) is 6.07 Å². The van der Waals surface area contributed by atoms with Gasteiger partial charge in [0.15, 0.2) is 0 Å². The van der Waals surface area contributed by atoms with Crippen molar-refractivity contribution in [2.75, 3.05) is 26.2 Å². The molecule has 0 spiro atoms. The number of likely N-dealkylation sites (tertiary alicyclic amines) is 1. The molecular formula is C14H20FNO2. The van der Waals surface area contributed by atoms with Crippen LogP contribution in [0.3, 0.4) is 0 Å². The standard InChI is InChI=1S/C14H20FNO2/c15-12-3-1-4-14(11-12)18-10-2-7-16-8-5-13(17)6-9-16/h1,3-4,11,13,17H,2,5-10H2. The van der Waals surface area contributed by atoms with Crippen LogP contribution in [0.2, 0.25) is 0 Å². The number of benzene rings is 1. The molecule has 18 heavy (non-hydrogen) atoms. The first-order chi connectivity index (χ1) is 8.74. The van der Waals surface area contributed by atoms with Gasteiger partial charge in [-0.2, -0.15) is 0 Å². The minimum Gasteiger partial charge on any atom is -0.493 e. The quantitative estimate of drug-likeness (QED) is 0.815. The van der Waals surface area contributed by atoms with E-state index in [0.29, 0.717) is 12.4 Å². The van der Waals surface area contributed by atoms with E-state index in [0.717, 1.165) is 38.9 Å². The highest BCUT2D eigenvalue weighted by Gasteiger charge is 2.15. The fourth-order valence-corrected chi connectivity index (χ4v) is 2.18. The lowest BCUT2D eigenvalue weighted by molar-refractivity contribution is 0.0800. The SMILES string of the molecule is OC1CCN(CCCOc2cccc(F)c2)CC1. The third kappa shape index (κ3) is 4.27. The summed E-state index contributed by atoms with van der Waals surface area (Å²) in [6.07, 6.45) is 2.53. The minimum atomic E-state index is -0.266. The molecule has 0 radical (unpaired) electrons. The predicted molar refractivity (Wildman–Crippen MR) is 68.2 cm³/mol. The van der Waals surface area contributed by atoms with Crippen molar-refractivity contribution in [1.82, 2.24) is 4.90 Å². The van der Waals surface area contributed by atoms with Crippen LogP contribution in [0.4, 0.5) is 4.39 Å². The second-order valence-corrected chi connectivity index (χ2v) is 4.73. The van der Waals surface area contributed by atoms with E-state index in [1.54, 1.807) is 12.1 Å². The van der Waals surface area contributed by atoms with Crippen LogP contribution in [-0.2, 0) is 0 Å². The number of piperidine rings is 1. The Morgan fingerprint density at radius 2 is 2.11 bits per heavy atom. The number of rotatable bonds is 5. The van der Waals surface area contributed by atoms with Crippen molar-refractivity contribution in [3.05, 3.63) is 30.1 Å². The molecule has 0 aromatic heterocycles. The summed E-state index contributed by atoms with van der Waals surface area (Å²) in [5, 5.41) is 9.39. The first-order valence-corrected chi connectivity index (χ1v) is 6.53. The average molecular weight is 253 g/mol. The molecule has 1 saturated heterocycles. The highest BCUT2D eigenvalue weighted by Crippen LogP contribution is 2.13. The topological polar surface area (TPSA) is 32.7 Å².